The fourth-order valence-corrected chi connectivity index (χ4v) is 3.00. The Morgan fingerprint density at radius 1 is 1.24 bits per heavy atom. The summed E-state index contributed by atoms with van der Waals surface area (Å²) in [6.45, 7) is 0. The smallest absolute Gasteiger partial charge is 0.249 e. The van der Waals surface area contributed by atoms with Crippen LogP contribution in [0.25, 0.3) is 11.4 Å². The van der Waals surface area contributed by atoms with Gasteiger partial charge in [-0.2, -0.15) is 0 Å². The van der Waals surface area contributed by atoms with Crippen LogP contribution in [0.15, 0.2) is 41.7 Å². The minimum atomic E-state index is -0.694. The molecule has 0 spiro atoms. The quantitative estimate of drug-likeness (QED) is 0.820. The molecule has 86 valence electrons. The predicted octanol–water partition coefficient (Wildman–Crippen LogP) is 2.94. The first-order valence-electron chi connectivity index (χ1n) is 4.99. The van der Waals surface area contributed by atoms with Gasteiger partial charge in [0, 0.05) is 11.1 Å². The SMILES string of the molecule is ClC=CP1Nc2nnc(-c3ccccc3)n2N1. The molecular formula is C10H9ClN5P. The molecule has 0 aliphatic carbocycles. The van der Waals surface area contributed by atoms with E-state index in [1.54, 1.807) is 0 Å². The van der Waals surface area contributed by atoms with E-state index in [1.165, 1.54) is 5.54 Å². The van der Waals surface area contributed by atoms with Crippen molar-refractivity contribution in [3.05, 3.63) is 41.7 Å². The molecule has 2 aromatic rings. The zero-order valence-corrected chi connectivity index (χ0v) is 10.4. The van der Waals surface area contributed by atoms with Crippen molar-refractivity contribution in [2.24, 2.45) is 0 Å². The van der Waals surface area contributed by atoms with Crippen molar-refractivity contribution in [3.63, 3.8) is 0 Å². The molecule has 17 heavy (non-hydrogen) atoms. The molecule has 2 heterocycles. The highest BCUT2D eigenvalue weighted by atomic mass is 35.5. The van der Waals surface area contributed by atoms with Crippen molar-refractivity contribution in [2.75, 3.05) is 10.3 Å². The molecule has 1 aromatic heterocycles. The van der Waals surface area contributed by atoms with Crippen LogP contribution in [-0.4, -0.2) is 14.9 Å². The molecule has 0 saturated heterocycles. The second kappa shape index (κ2) is 4.35. The van der Waals surface area contributed by atoms with Crippen molar-refractivity contribution >= 4 is 25.8 Å². The van der Waals surface area contributed by atoms with Crippen molar-refractivity contribution in [3.8, 4) is 11.4 Å². The topological polar surface area (TPSA) is 54.8 Å². The summed E-state index contributed by atoms with van der Waals surface area (Å²) < 4.78 is 1.85. The van der Waals surface area contributed by atoms with Crippen LogP contribution in [0.1, 0.15) is 0 Å². The van der Waals surface area contributed by atoms with Gasteiger partial charge in [0.15, 0.2) is 5.82 Å². The second-order valence-corrected chi connectivity index (χ2v) is 5.12. The summed E-state index contributed by atoms with van der Waals surface area (Å²) in [4.78, 5) is 0. The average Bonchev–Trinajstić information content (AvgIpc) is 2.90. The molecular weight excluding hydrogens is 257 g/mol. The average molecular weight is 266 g/mol. The van der Waals surface area contributed by atoms with E-state index >= 15 is 0 Å². The lowest BCUT2D eigenvalue weighted by Gasteiger charge is -2.06. The van der Waals surface area contributed by atoms with Crippen LogP contribution in [0.2, 0.25) is 0 Å². The van der Waals surface area contributed by atoms with Gasteiger partial charge in [-0.05, 0) is 5.82 Å². The lowest BCUT2D eigenvalue weighted by atomic mass is 10.2. The van der Waals surface area contributed by atoms with Crippen LogP contribution in [-0.2, 0) is 0 Å². The number of aromatic nitrogens is 3. The van der Waals surface area contributed by atoms with Crippen LogP contribution < -0.4 is 10.3 Å². The Morgan fingerprint density at radius 3 is 2.82 bits per heavy atom. The zero-order valence-electron chi connectivity index (χ0n) is 8.71. The molecule has 0 amide bonds. The molecule has 1 unspecified atom stereocenters. The standard InChI is InChI=1S/C10H9ClN5P/c11-6-7-17-14-10-13-12-9(16(10)15-17)8-4-2-1-3-5-8/h1-7,15H,(H,13,14). The van der Waals surface area contributed by atoms with Gasteiger partial charge in [-0.1, -0.05) is 41.9 Å². The Labute approximate surface area is 104 Å². The number of anilines is 1. The number of rotatable bonds is 2. The lowest BCUT2D eigenvalue weighted by molar-refractivity contribution is 1.04. The largest absolute Gasteiger partial charge is 0.311 e. The maximum absolute atomic E-state index is 5.56. The van der Waals surface area contributed by atoms with Crippen molar-refractivity contribution in [2.45, 2.75) is 0 Å². The van der Waals surface area contributed by atoms with Crippen molar-refractivity contribution < 1.29 is 0 Å². The van der Waals surface area contributed by atoms with Gasteiger partial charge in [-0.25, -0.2) is 4.68 Å². The van der Waals surface area contributed by atoms with Gasteiger partial charge in [0.1, 0.15) is 8.22 Å². The van der Waals surface area contributed by atoms with E-state index in [0.717, 1.165) is 11.4 Å². The van der Waals surface area contributed by atoms with E-state index < -0.39 is 8.22 Å². The van der Waals surface area contributed by atoms with Crippen molar-refractivity contribution in [1.29, 1.82) is 0 Å². The summed E-state index contributed by atoms with van der Waals surface area (Å²) >= 11 is 5.56. The van der Waals surface area contributed by atoms with Gasteiger partial charge in [-0.15, -0.1) is 10.2 Å². The first-order chi connectivity index (χ1) is 8.38. The van der Waals surface area contributed by atoms with Crippen LogP contribution >= 0.6 is 19.8 Å². The molecule has 2 N–H and O–H groups in total. The third-order valence-electron chi connectivity index (χ3n) is 2.33. The molecule has 1 aliphatic rings. The number of nitrogens with zero attached hydrogens (tertiary/aromatic N) is 3. The fourth-order valence-electron chi connectivity index (χ4n) is 1.59. The summed E-state index contributed by atoms with van der Waals surface area (Å²) in [5.74, 6) is 3.37. The van der Waals surface area contributed by atoms with E-state index in [9.17, 15) is 0 Å². The summed E-state index contributed by atoms with van der Waals surface area (Å²) in [7, 11) is -0.694. The third kappa shape index (κ3) is 1.88. The van der Waals surface area contributed by atoms with Crippen LogP contribution in [0.4, 0.5) is 5.95 Å². The highest BCUT2D eigenvalue weighted by Gasteiger charge is 2.23. The Kier molecular flexibility index (Phi) is 2.71. The van der Waals surface area contributed by atoms with Gasteiger partial charge in [0.25, 0.3) is 0 Å². The number of hydrogen-bond donors (Lipinski definition) is 2. The highest BCUT2D eigenvalue weighted by Crippen LogP contribution is 2.41. The summed E-state index contributed by atoms with van der Waals surface area (Å²) in [5, 5.41) is 14.7. The third-order valence-corrected chi connectivity index (χ3v) is 3.93. The fraction of sp³-hybridized carbons (Fsp3) is 0. The Bertz CT molecular complexity index is 553. The van der Waals surface area contributed by atoms with E-state index in [1.807, 2.05) is 40.8 Å². The van der Waals surface area contributed by atoms with E-state index in [-0.39, 0.29) is 0 Å². The van der Waals surface area contributed by atoms with Gasteiger partial charge >= 0.3 is 0 Å². The first kappa shape index (κ1) is 10.6. The minimum Gasteiger partial charge on any atom is -0.311 e. The van der Waals surface area contributed by atoms with Gasteiger partial charge in [0.05, 0.1) is 0 Å². The molecule has 5 nitrogen and oxygen atoms in total. The number of fused-ring (bicyclic) bond motifs is 1. The van der Waals surface area contributed by atoms with E-state index in [2.05, 4.69) is 20.5 Å². The molecule has 0 radical (unpaired) electrons. The Balaban J connectivity index is 1.96. The molecule has 7 heteroatoms. The number of benzene rings is 1. The predicted molar refractivity (Wildman–Crippen MR) is 70.4 cm³/mol. The summed E-state index contributed by atoms with van der Waals surface area (Å²) in [5.41, 5.74) is 2.51. The molecule has 0 fully saturated rings. The number of hydrogen-bond acceptors (Lipinski definition) is 4. The maximum Gasteiger partial charge on any atom is 0.249 e. The monoisotopic (exact) mass is 265 g/mol. The van der Waals surface area contributed by atoms with Gasteiger partial charge in [0.2, 0.25) is 5.95 Å². The summed E-state index contributed by atoms with van der Waals surface area (Å²) in [6.07, 6.45) is 0. The van der Waals surface area contributed by atoms with Gasteiger partial charge < -0.3 is 5.09 Å². The van der Waals surface area contributed by atoms with Crippen LogP contribution in [0.5, 0.6) is 0 Å². The zero-order chi connectivity index (χ0) is 11.7. The Hall–Kier alpha value is -1.58. The van der Waals surface area contributed by atoms with E-state index in [4.69, 9.17) is 11.6 Å². The second-order valence-electron chi connectivity index (χ2n) is 3.41. The highest BCUT2D eigenvalue weighted by molar-refractivity contribution is 7.63. The normalized spacial score (nSPS) is 17.8. The summed E-state index contributed by atoms with van der Waals surface area (Å²) in [6, 6.07) is 9.91. The van der Waals surface area contributed by atoms with Crippen LogP contribution in [0, 0.1) is 0 Å². The van der Waals surface area contributed by atoms with Gasteiger partial charge in [-0.3, -0.25) is 5.20 Å². The molecule has 0 saturated carbocycles. The minimum absolute atomic E-state index is 0.694. The molecule has 1 aromatic carbocycles. The Morgan fingerprint density at radius 2 is 2.06 bits per heavy atom. The number of nitrogens with one attached hydrogen (secondary N) is 2. The van der Waals surface area contributed by atoms with E-state index in [0.29, 0.717) is 5.95 Å². The molecule has 1 atom stereocenters. The van der Waals surface area contributed by atoms with Crippen LogP contribution in [0.3, 0.4) is 0 Å². The molecule has 1 aliphatic heterocycles. The number of halogens is 1. The molecule has 3 rings (SSSR count). The lowest BCUT2D eigenvalue weighted by Crippen LogP contribution is -2.03. The maximum atomic E-state index is 5.56. The molecule has 0 bridgehead atoms. The first-order valence-corrected chi connectivity index (χ1v) is 6.83. The van der Waals surface area contributed by atoms with Crippen molar-refractivity contribution in [1.82, 2.24) is 14.9 Å².